The van der Waals surface area contributed by atoms with E-state index >= 15 is 0 Å². The second-order valence-corrected chi connectivity index (χ2v) is 5.72. The predicted octanol–water partition coefficient (Wildman–Crippen LogP) is 2.34. The molecule has 1 aliphatic heterocycles. The summed E-state index contributed by atoms with van der Waals surface area (Å²) in [7, 11) is 0. The van der Waals surface area contributed by atoms with Crippen molar-refractivity contribution in [2.24, 2.45) is 0 Å². The molecule has 0 aliphatic carbocycles. The fourth-order valence-electron chi connectivity index (χ4n) is 2.58. The first-order valence-electron chi connectivity index (χ1n) is 8.14. The number of benzene rings is 2. The maximum atomic E-state index is 12.0. The van der Waals surface area contributed by atoms with Gasteiger partial charge in [0.15, 0.2) is 0 Å². The second kappa shape index (κ2) is 8.30. The van der Waals surface area contributed by atoms with Crippen LogP contribution >= 0.6 is 0 Å². The van der Waals surface area contributed by atoms with Crippen LogP contribution in [0.25, 0.3) is 0 Å². The highest BCUT2D eigenvalue weighted by Gasteiger charge is 2.27. The van der Waals surface area contributed by atoms with Crippen LogP contribution in [0.4, 0.5) is 10.5 Å². The van der Waals surface area contributed by atoms with Gasteiger partial charge in [0.1, 0.15) is 13.2 Å². The first-order valence-corrected chi connectivity index (χ1v) is 8.14. The lowest BCUT2D eigenvalue weighted by Crippen LogP contribution is -2.50. The van der Waals surface area contributed by atoms with E-state index in [9.17, 15) is 9.59 Å². The van der Waals surface area contributed by atoms with E-state index in [2.05, 4.69) is 5.32 Å². The molecule has 0 radical (unpaired) electrons. The maximum absolute atomic E-state index is 12.0. The van der Waals surface area contributed by atoms with Crippen LogP contribution in [0.15, 0.2) is 60.7 Å². The lowest BCUT2D eigenvalue weighted by molar-refractivity contribution is -0.129. The third-order valence-electron chi connectivity index (χ3n) is 3.88. The molecule has 0 aromatic heterocycles. The van der Waals surface area contributed by atoms with Gasteiger partial charge in [0.05, 0.1) is 12.6 Å². The van der Waals surface area contributed by atoms with E-state index < -0.39 is 6.09 Å². The monoisotopic (exact) mass is 340 g/mol. The Balaban J connectivity index is 1.46. The van der Waals surface area contributed by atoms with E-state index in [1.54, 1.807) is 4.90 Å². The van der Waals surface area contributed by atoms with Crippen LogP contribution in [0.3, 0.4) is 0 Å². The van der Waals surface area contributed by atoms with Gasteiger partial charge in [0, 0.05) is 12.2 Å². The van der Waals surface area contributed by atoms with Crippen LogP contribution < -0.4 is 10.2 Å². The number of morpholine rings is 1. The summed E-state index contributed by atoms with van der Waals surface area (Å²) < 4.78 is 10.7. The van der Waals surface area contributed by atoms with E-state index in [1.807, 2.05) is 60.7 Å². The molecule has 0 bridgehead atoms. The third-order valence-corrected chi connectivity index (χ3v) is 3.88. The van der Waals surface area contributed by atoms with Crippen molar-refractivity contribution in [1.29, 1.82) is 0 Å². The SMILES string of the molecule is O=C(NCC1CN(c2ccccc2)C(=O)CO1)OCc1ccccc1. The molecule has 1 atom stereocenters. The van der Waals surface area contributed by atoms with Gasteiger partial charge in [-0.15, -0.1) is 0 Å². The average Bonchev–Trinajstić information content (AvgIpc) is 2.67. The fraction of sp³-hybridized carbons (Fsp3) is 0.263. The quantitative estimate of drug-likeness (QED) is 0.907. The first kappa shape index (κ1) is 17.0. The van der Waals surface area contributed by atoms with Crippen molar-refractivity contribution in [1.82, 2.24) is 5.32 Å². The highest BCUT2D eigenvalue weighted by atomic mass is 16.5. The Hall–Kier alpha value is -2.86. The number of ether oxygens (including phenoxy) is 2. The molecule has 2 aromatic rings. The average molecular weight is 340 g/mol. The highest BCUT2D eigenvalue weighted by molar-refractivity contribution is 5.94. The van der Waals surface area contributed by atoms with Gasteiger partial charge in [-0.2, -0.15) is 0 Å². The summed E-state index contributed by atoms with van der Waals surface area (Å²) in [6, 6.07) is 18.9. The second-order valence-electron chi connectivity index (χ2n) is 5.72. The number of carbonyl (C=O) groups excluding carboxylic acids is 2. The van der Waals surface area contributed by atoms with Gasteiger partial charge >= 0.3 is 6.09 Å². The molecule has 0 saturated carbocycles. The predicted molar refractivity (Wildman–Crippen MR) is 93.2 cm³/mol. The van der Waals surface area contributed by atoms with Crippen LogP contribution in [0.1, 0.15) is 5.56 Å². The number of carbonyl (C=O) groups is 2. The van der Waals surface area contributed by atoms with Crippen molar-refractivity contribution in [3.8, 4) is 0 Å². The molecule has 1 saturated heterocycles. The lowest BCUT2D eigenvalue weighted by atomic mass is 10.2. The molecule has 6 nitrogen and oxygen atoms in total. The number of nitrogens with zero attached hydrogens (tertiary/aromatic N) is 1. The minimum atomic E-state index is -0.504. The van der Waals surface area contributed by atoms with Crippen molar-refractivity contribution in [3.63, 3.8) is 0 Å². The number of hydrogen-bond donors (Lipinski definition) is 1. The molecule has 1 heterocycles. The molecular formula is C19H20N2O4. The van der Waals surface area contributed by atoms with Gasteiger partial charge in [-0.05, 0) is 17.7 Å². The number of alkyl carbamates (subject to hydrolysis) is 1. The molecule has 130 valence electrons. The topological polar surface area (TPSA) is 67.9 Å². The molecule has 1 N–H and O–H groups in total. The number of anilines is 1. The number of nitrogens with one attached hydrogen (secondary N) is 1. The summed E-state index contributed by atoms with van der Waals surface area (Å²) in [5.74, 6) is -0.0888. The Labute approximate surface area is 146 Å². The molecular weight excluding hydrogens is 320 g/mol. The van der Waals surface area contributed by atoms with Crippen LogP contribution in [0, 0.1) is 0 Å². The van der Waals surface area contributed by atoms with Gasteiger partial charge < -0.3 is 19.7 Å². The summed E-state index contributed by atoms with van der Waals surface area (Å²) in [4.78, 5) is 25.5. The fourth-order valence-corrected chi connectivity index (χ4v) is 2.58. The van der Waals surface area contributed by atoms with Crippen molar-refractivity contribution >= 4 is 17.7 Å². The molecule has 6 heteroatoms. The van der Waals surface area contributed by atoms with Gasteiger partial charge in [-0.25, -0.2) is 4.79 Å². The largest absolute Gasteiger partial charge is 0.445 e. The third kappa shape index (κ3) is 4.81. The molecule has 25 heavy (non-hydrogen) atoms. The number of amides is 2. The van der Waals surface area contributed by atoms with Crippen molar-refractivity contribution in [2.45, 2.75) is 12.7 Å². The number of para-hydroxylation sites is 1. The molecule has 2 amide bonds. The zero-order valence-electron chi connectivity index (χ0n) is 13.8. The first-order chi connectivity index (χ1) is 12.2. The van der Waals surface area contributed by atoms with Gasteiger partial charge in [-0.3, -0.25) is 4.79 Å². The van der Waals surface area contributed by atoms with Crippen LogP contribution in [0.5, 0.6) is 0 Å². The van der Waals surface area contributed by atoms with E-state index in [-0.39, 0.29) is 31.8 Å². The standard InChI is InChI=1S/C19H20N2O4/c22-18-14-24-17(12-21(18)16-9-5-2-6-10-16)11-20-19(23)25-13-15-7-3-1-4-8-15/h1-10,17H,11-14H2,(H,20,23). The Bertz CT molecular complexity index is 706. The van der Waals surface area contributed by atoms with E-state index in [0.717, 1.165) is 11.3 Å². The molecule has 3 rings (SSSR count). The molecule has 1 aliphatic rings. The van der Waals surface area contributed by atoms with Crippen LogP contribution in [0.2, 0.25) is 0 Å². The minimum Gasteiger partial charge on any atom is -0.445 e. The Morgan fingerprint density at radius 1 is 1.12 bits per heavy atom. The van der Waals surface area contributed by atoms with Crippen molar-refractivity contribution in [2.75, 3.05) is 24.6 Å². The molecule has 1 fully saturated rings. The normalized spacial score (nSPS) is 17.2. The summed E-state index contributed by atoms with van der Waals surface area (Å²) >= 11 is 0. The highest BCUT2D eigenvalue weighted by Crippen LogP contribution is 2.17. The van der Waals surface area contributed by atoms with Crippen molar-refractivity contribution < 1.29 is 19.1 Å². The van der Waals surface area contributed by atoms with Crippen molar-refractivity contribution in [3.05, 3.63) is 66.2 Å². The van der Waals surface area contributed by atoms with Gasteiger partial charge in [-0.1, -0.05) is 48.5 Å². The summed E-state index contributed by atoms with van der Waals surface area (Å²) in [5, 5.41) is 2.69. The van der Waals surface area contributed by atoms with Crippen LogP contribution in [-0.4, -0.2) is 37.8 Å². The Kier molecular flexibility index (Phi) is 5.64. The van der Waals surface area contributed by atoms with E-state index in [4.69, 9.17) is 9.47 Å². The van der Waals surface area contributed by atoms with E-state index in [0.29, 0.717) is 6.54 Å². The zero-order chi connectivity index (χ0) is 17.5. The lowest BCUT2D eigenvalue weighted by Gasteiger charge is -2.32. The summed E-state index contributed by atoms with van der Waals surface area (Å²) in [5.41, 5.74) is 1.75. The summed E-state index contributed by atoms with van der Waals surface area (Å²) in [6.45, 7) is 0.888. The zero-order valence-corrected chi connectivity index (χ0v) is 13.8. The van der Waals surface area contributed by atoms with Gasteiger partial charge in [0.25, 0.3) is 5.91 Å². The van der Waals surface area contributed by atoms with E-state index in [1.165, 1.54) is 0 Å². The number of rotatable bonds is 5. The Morgan fingerprint density at radius 3 is 2.52 bits per heavy atom. The summed E-state index contributed by atoms with van der Waals surface area (Å²) in [6.07, 6.45) is -0.780. The maximum Gasteiger partial charge on any atom is 0.407 e. The van der Waals surface area contributed by atoms with Crippen LogP contribution in [-0.2, 0) is 20.9 Å². The minimum absolute atomic E-state index is 0.000302. The number of hydrogen-bond acceptors (Lipinski definition) is 4. The smallest absolute Gasteiger partial charge is 0.407 e. The van der Waals surface area contributed by atoms with Gasteiger partial charge in [0.2, 0.25) is 0 Å². The molecule has 0 spiro atoms. The molecule has 2 aromatic carbocycles. The Morgan fingerprint density at radius 2 is 1.80 bits per heavy atom. The molecule has 1 unspecified atom stereocenters.